The summed E-state index contributed by atoms with van der Waals surface area (Å²) in [5, 5.41) is 2.32. The van der Waals surface area contributed by atoms with Crippen molar-refractivity contribution in [3.63, 3.8) is 0 Å². The summed E-state index contributed by atoms with van der Waals surface area (Å²) in [6.07, 6.45) is 0.138. The Morgan fingerprint density at radius 3 is 2.80 bits per heavy atom. The van der Waals surface area contributed by atoms with E-state index < -0.39 is 12.7 Å². The summed E-state index contributed by atoms with van der Waals surface area (Å²) >= 11 is 0. The summed E-state index contributed by atoms with van der Waals surface area (Å²) in [6.45, 7) is 1.95. The Morgan fingerprint density at radius 1 is 1.47 bits per heavy atom. The van der Waals surface area contributed by atoms with Crippen molar-refractivity contribution < 1.29 is 13.2 Å². The first-order valence-electron chi connectivity index (χ1n) is 4.80. The van der Waals surface area contributed by atoms with Crippen LogP contribution in [0.1, 0.15) is 19.2 Å². The number of aryl methyl sites for hydroxylation is 1. The minimum atomic E-state index is -4.16. The fourth-order valence-corrected chi connectivity index (χ4v) is 1.27. The summed E-state index contributed by atoms with van der Waals surface area (Å²) in [7, 11) is 0. The zero-order chi connectivity index (χ0) is 11.3. The lowest BCUT2D eigenvalue weighted by molar-refractivity contribution is -0.125. The predicted octanol–water partition coefficient (Wildman–Crippen LogP) is 1.95. The van der Waals surface area contributed by atoms with Gasteiger partial charge in [0.1, 0.15) is 5.82 Å². The van der Waals surface area contributed by atoms with E-state index in [4.69, 9.17) is 0 Å². The molecule has 0 aliphatic heterocycles. The summed E-state index contributed by atoms with van der Waals surface area (Å²) in [6, 6.07) is 0. The Bertz CT molecular complexity index is 293. The lowest BCUT2D eigenvalue weighted by Crippen LogP contribution is -2.29. The van der Waals surface area contributed by atoms with Gasteiger partial charge in [-0.05, 0) is 6.42 Å². The molecule has 0 saturated carbocycles. The van der Waals surface area contributed by atoms with Crippen molar-refractivity contribution in [2.45, 2.75) is 32.6 Å². The molecule has 0 aliphatic carbocycles. The van der Waals surface area contributed by atoms with Gasteiger partial charge in [0.05, 0.1) is 13.1 Å². The van der Waals surface area contributed by atoms with E-state index in [0.29, 0.717) is 5.82 Å². The van der Waals surface area contributed by atoms with E-state index in [1.165, 1.54) is 0 Å². The predicted molar refractivity (Wildman–Crippen MR) is 50.3 cm³/mol. The van der Waals surface area contributed by atoms with Crippen molar-refractivity contribution in [1.29, 1.82) is 0 Å². The molecule has 0 bridgehead atoms. The molecule has 6 heteroatoms. The molecule has 0 radical (unpaired) electrons. The third-order valence-corrected chi connectivity index (χ3v) is 1.87. The zero-order valence-corrected chi connectivity index (χ0v) is 8.51. The van der Waals surface area contributed by atoms with Gasteiger partial charge in [0.15, 0.2) is 0 Å². The summed E-state index contributed by atoms with van der Waals surface area (Å²) < 4.78 is 37.4. The van der Waals surface area contributed by atoms with E-state index in [1.54, 1.807) is 12.4 Å². The van der Waals surface area contributed by atoms with Crippen molar-refractivity contribution in [1.82, 2.24) is 14.9 Å². The zero-order valence-electron chi connectivity index (χ0n) is 8.51. The Hall–Kier alpha value is -1.04. The molecule has 0 aromatic carbocycles. The van der Waals surface area contributed by atoms with Crippen LogP contribution in [0.25, 0.3) is 0 Å². The van der Waals surface area contributed by atoms with Crippen molar-refractivity contribution in [2.75, 3.05) is 6.54 Å². The maximum absolute atomic E-state index is 11.8. The second-order valence-corrected chi connectivity index (χ2v) is 3.26. The van der Waals surface area contributed by atoms with E-state index in [1.807, 2.05) is 11.5 Å². The van der Waals surface area contributed by atoms with Gasteiger partial charge in [-0.2, -0.15) is 13.2 Å². The first-order valence-corrected chi connectivity index (χ1v) is 4.80. The van der Waals surface area contributed by atoms with Gasteiger partial charge in [-0.3, -0.25) is 0 Å². The lowest BCUT2D eigenvalue weighted by Gasteiger charge is -2.09. The van der Waals surface area contributed by atoms with Crippen LogP contribution in [0.2, 0.25) is 0 Å². The van der Waals surface area contributed by atoms with Gasteiger partial charge in [0, 0.05) is 18.9 Å². The Morgan fingerprint density at radius 2 is 2.20 bits per heavy atom. The highest BCUT2D eigenvalue weighted by atomic mass is 19.4. The first kappa shape index (κ1) is 12.0. The molecule has 15 heavy (non-hydrogen) atoms. The molecule has 1 heterocycles. The number of imidazole rings is 1. The Labute approximate surface area is 86.3 Å². The van der Waals surface area contributed by atoms with Crippen molar-refractivity contribution in [3.8, 4) is 0 Å². The summed E-state index contributed by atoms with van der Waals surface area (Å²) in [5.74, 6) is 0.640. The van der Waals surface area contributed by atoms with Gasteiger partial charge in [0.25, 0.3) is 0 Å². The first-order chi connectivity index (χ1) is 7.03. The van der Waals surface area contributed by atoms with Crippen LogP contribution in [-0.4, -0.2) is 22.3 Å². The molecule has 1 rings (SSSR count). The molecule has 1 aromatic rings. The second kappa shape index (κ2) is 5.16. The minimum absolute atomic E-state index is 0.145. The molecular formula is C9H14F3N3. The maximum Gasteiger partial charge on any atom is 0.401 e. The lowest BCUT2D eigenvalue weighted by atomic mass is 10.4. The Kier molecular flexibility index (Phi) is 4.14. The molecule has 0 unspecified atom stereocenters. The van der Waals surface area contributed by atoms with Crippen LogP contribution in [0.5, 0.6) is 0 Å². The molecule has 1 aromatic heterocycles. The third-order valence-electron chi connectivity index (χ3n) is 1.87. The summed E-state index contributed by atoms with van der Waals surface area (Å²) in [4.78, 5) is 3.99. The molecule has 0 amide bonds. The van der Waals surface area contributed by atoms with Crippen molar-refractivity contribution in [3.05, 3.63) is 18.2 Å². The van der Waals surface area contributed by atoms with Crippen LogP contribution in [-0.2, 0) is 13.1 Å². The maximum atomic E-state index is 11.8. The highest BCUT2D eigenvalue weighted by molar-refractivity contribution is 4.91. The van der Waals surface area contributed by atoms with Crippen molar-refractivity contribution in [2.24, 2.45) is 0 Å². The van der Waals surface area contributed by atoms with Gasteiger partial charge in [0.2, 0.25) is 0 Å². The highest BCUT2D eigenvalue weighted by Crippen LogP contribution is 2.12. The van der Waals surface area contributed by atoms with E-state index in [2.05, 4.69) is 10.3 Å². The molecule has 0 saturated heterocycles. The number of alkyl halides is 3. The largest absolute Gasteiger partial charge is 0.401 e. The topological polar surface area (TPSA) is 29.9 Å². The van der Waals surface area contributed by atoms with Crippen LogP contribution in [0.4, 0.5) is 13.2 Å². The number of nitrogens with one attached hydrogen (secondary N) is 1. The van der Waals surface area contributed by atoms with Gasteiger partial charge in [-0.25, -0.2) is 4.98 Å². The number of hydrogen-bond donors (Lipinski definition) is 1. The molecule has 0 spiro atoms. The van der Waals surface area contributed by atoms with Crippen LogP contribution >= 0.6 is 0 Å². The SMILES string of the molecule is CCCn1ccnc1CNCC(F)(F)F. The van der Waals surface area contributed by atoms with E-state index in [9.17, 15) is 13.2 Å². The fraction of sp³-hybridized carbons (Fsp3) is 0.667. The molecule has 0 atom stereocenters. The monoisotopic (exact) mass is 221 g/mol. The van der Waals surface area contributed by atoms with E-state index in [-0.39, 0.29) is 6.54 Å². The van der Waals surface area contributed by atoms with Gasteiger partial charge >= 0.3 is 6.18 Å². The standard InChI is InChI=1S/C9H14F3N3/c1-2-4-15-5-3-14-8(15)6-13-7-9(10,11)12/h3,5,13H,2,4,6-7H2,1H3. The number of nitrogens with zero attached hydrogens (tertiary/aromatic N) is 2. The highest BCUT2D eigenvalue weighted by Gasteiger charge is 2.26. The quantitative estimate of drug-likeness (QED) is 0.823. The smallest absolute Gasteiger partial charge is 0.334 e. The average Bonchev–Trinajstić information content (AvgIpc) is 2.51. The average molecular weight is 221 g/mol. The number of hydrogen-bond acceptors (Lipinski definition) is 2. The van der Waals surface area contributed by atoms with E-state index >= 15 is 0 Å². The van der Waals surface area contributed by atoms with Crippen LogP contribution in [0.15, 0.2) is 12.4 Å². The van der Waals surface area contributed by atoms with Crippen LogP contribution in [0, 0.1) is 0 Å². The molecule has 1 N–H and O–H groups in total. The molecule has 0 fully saturated rings. The Balaban J connectivity index is 2.40. The molecule has 3 nitrogen and oxygen atoms in total. The van der Waals surface area contributed by atoms with Crippen LogP contribution < -0.4 is 5.32 Å². The number of rotatable bonds is 5. The fourth-order valence-electron chi connectivity index (χ4n) is 1.27. The summed E-state index contributed by atoms with van der Waals surface area (Å²) in [5.41, 5.74) is 0. The minimum Gasteiger partial charge on any atom is -0.334 e. The molecule has 0 aliphatic rings. The third kappa shape index (κ3) is 4.33. The number of aromatic nitrogens is 2. The normalized spacial score (nSPS) is 12.0. The van der Waals surface area contributed by atoms with Crippen LogP contribution in [0.3, 0.4) is 0 Å². The second-order valence-electron chi connectivity index (χ2n) is 3.26. The molecule has 86 valence electrons. The molecular weight excluding hydrogens is 207 g/mol. The number of halogens is 3. The van der Waals surface area contributed by atoms with Gasteiger partial charge in [-0.1, -0.05) is 6.92 Å². The van der Waals surface area contributed by atoms with Gasteiger partial charge in [-0.15, -0.1) is 0 Å². The van der Waals surface area contributed by atoms with E-state index in [0.717, 1.165) is 13.0 Å². The van der Waals surface area contributed by atoms with Crippen molar-refractivity contribution >= 4 is 0 Å². The van der Waals surface area contributed by atoms with Gasteiger partial charge < -0.3 is 9.88 Å².